The van der Waals surface area contributed by atoms with E-state index >= 15 is 0 Å². The van der Waals surface area contributed by atoms with Gasteiger partial charge < -0.3 is 0 Å². The Bertz CT molecular complexity index is 672. The van der Waals surface area contributed by atoms with Gasteiger partial charge in [0.05, 0.1) is 10.4 Å². The summed E-state index contributed by atoms with van der Waals surface area (Å²) in [5.74, 6) is 0. The molecule has 0 aliphatic carbocycles. The molecular weight excluding hydrogens is 456 g/mol. The Labute approximate surface area is 146 Å². The smallest absolute Gasteiger partial charge is 0.166 e. The molecule has 0 bridgehead atoms. The van der Waals surface area contributed by atoms with Crippen molar-refractivity contribution in [2.24, 2.45) is 0 Å². The largest absolute Gasteiger partial charge is 0.416 e. The molecule has 0 radical (unpaired) electrons. The van der Waals surface area contributed by atoms with Crippen LogP contribution in [0.1, 0.15) is 21.5 Å². The first-order valence-electron chi connectivity index (χ1n) is 5.66. The van der Waals surface area contributed by atoms with E-state index in [1.807, 2.05) is 0 Å². The zero-order valence-electron chi connectivity index (χ0n) is 10.2. The number of halogens is 7. The van der Waals surface area contributed by atoms with Gasteiger partial charge >= 0.3 is 6.18 Å². The van der Waals surface area contributed by atoms with Gasteiger partial charge in [-0.2, -0.15) is 13.2 Å². The minimum absolute atomic E-state index is 0.383. The molecule has 0 amide bonds. The van der Waals surface area contributed by atoms with E-state index in [4.69, 9.17) is 23.2 Å². The molecule has 112 valence electrons. The molecule has 0 nitrogen and oxygen atoms in total. The lowest BCUT2D eigenvalue weighted by Gasteiger charge is -2.17. The number of hydrogen-bond acceptors (Lipinski definition) is 0. The van der Waals surface area contributed by atoms with Gasteiger partial charge in [-0.05, 0) is 41.5 Å². The molecule has 1 unspecified atom stereocenters. The van der Waals surface area contributed by atoms with Gasteiger partial charge in [0.1, 0.15) is 0 Å². The number of alkyl halides is 4. The fourth-order valence-corrected chi connectivity index (χ4v) is 4.00. The zero-order valence-corrected chi connectivity index (χ0v) is 14.9. The highest BCUT2D eigenvalue weighted by Crippen LogP contribution is 2.41. The number of rotatable bonds is 2. The summed E-state index contributed by atoms with van der Waals surface area (Å²) < 4.78 is 39.0. The summed E-state index contributed by atoms with van der Waals surface area (Å²) in [6, 6.07) is 8.35. The van der Waals surface area contributed by atoms with Crippen molar-refractivity contribution in [1.82, 2.24) is 0 Å². The lowest BCUT2D eigenvalue weighted by molar-refractivity contribution is -0.137. The molecule has 0 aliphatic rings. The van der Waals surface area contributed by atoms with Crippen LogP contribution in [0.4, 0.5) is 13.2 Å². The number of benzene rings is 2. The van der Waals surface area contributed by atoms with Crippen molar-refractivity contribution in [2.45, 2.75) is 11.0 Å². The average Bonchev–Trinajstić information content (AvgIpc) is 2.37. The molecule has 0 spiro atoms. The van der Waals surface area contributed by atoms with Crippen LogP contribution in [0.3, 0.4) is 0 Å². The third-order valence-corrected chi connectivity index (χ3v) is 5.10. The molecule has 0 N–H and O–H groups in total. The minimum atomic E-state index is -4.40. The Balaban J connectivity index is 2.50. The molecule has 0 fully saturated rings. The Kier molecular flexibility index (Phi) is 5.29. The average molecular weight is 463 g/mol. The maximum Gasteiger partial charge on any atom is 0.416 e. The van der Waals surface area contributed by atoms with E-state index in [1.165, 1.54) is 6.07 Å². The van der Waals surface area contributed by atoms with Crippen molar-refractivity contribution in [3.05, 3.63) is 67.6 Å². The standard InChI is InChI=1S/C14H7Br2Cl2F3/c15-11-4-1-7(14(19,20)21)5-10(11)13(16)9-3-2-8(17)6-12(9)18/h1-6,13H. The lowest BCUT2D eigenvalue weighted by Crippen LogP contribution is -2.06. The Morgan fingerprint density at radius 1 is 0.952 bits per heavy atom. The molecule has 21 heavy (non-hydrogen) atoms. The van der Waals surface area contributed by atoms with Crippen molar-refractivity contribution in [1.29, 1.82) is 0 Å². The van der Waals surface area contributed by atoms with Crippen LogP contribution >= 0.6 is 55.1 Å². The van der Waals surface area contributed by atoms with E-state index in [1.54, 1.807) is 18.2 Å². The van der Waals surface area contributed by atoms with Gasteiger partial charge in [0.2, 0.25) is 0 Å². The van der Waals surface area contributed by atoms with E-state index in [0.717, 1.165) is 12.1 Å². The highest BCUT2D eigenvalue weighted by atomic mass is 79.9. The topological polar surface area (TPSA) is 0 Å². The molecule has 0 aliphatic heterocycles. The summed E-state index contributed by atoms with van der Waals surface area (Å²) in [7, 11) is 0. The third kappa shape index (κ3) is 3.95. The molecule has 0 heterocycles. The van der Waals surface area contributed by atoms with Crippen molar-refractivity contribution in [3.63, 3.8) is 0 Å². The maximum atomic E-state index is 12.8. The Morgan fingerprint density at radius 3 is 2.19 bits per heavy atom. The predicted molar refractivity (Wildman–Crippen MR) is 86.4 cm³/mol. The van der Waals surface area contributed by atoms with Crippen LogP contribution in [-0.2, 0) is 6.18 Å². The second-order valence-electron chi connectivity index (χ2n) is 4.26. The summed E-state index contributed by atoms with van der Waals surface area (Å²) in [5.41, 5.74) is 0.366. The predicted octanol–water partition coefficient (Wildman–Crippen LogP) is 7.26. The highest BCUT2D eigenvalue weighted by molar-refractivity contribution is 9.11. The molecule has 7 heteroatoms. The van der Waals surface area contributed by atoms with Crippen molar-refractivity contribution < 1.29 is 13.2 Å². The van der Waals surface area contributed by atoms with Crippen LogP contribution < -0.4 is 0 Å². The molecule has 2 aromatic rings. The SMILES string of the molecule is FC(F)(F)c1ccc(Br)c(C(Br)c2ccc(Cl)cc2Cl)c1. The molecule has 2 aromatic carbocycles. The summed E-state index contributed by atoms with van der Waals surface area (Å²) >= 11 is 18.6. The Hall–Kier alpha value is -0.230. The second kappa shape index (κ2) is 6.49. The van der Waals surface area contributed by atoms with E-state index in [9.17, 15) is 13.2 Å². The first-order chi connectivity index (χ1) is 9.70. The summed E-state index contributed by atoms with van der Waals surface area (Å²) in [6.07, 6.45) is -4.40. The number of hydrogen-bond donors (Lipinski definition) is 0. The quantitative estimate of drug-likeness (QED) is 0.412. The van der Waals surface area contributed by atoms with Crippen LogP contribution in [0, 0.1) is 0 Å². The molecule has 0 saturated carbocycles. The van der Waals surface area contributed by atoms with Gasteiger partial charge in [-0.15, -0.1) is 0 Å². The minimum Gasteiger partial charge on any atom is -0.166 e. The molecule has 0 saturated heterocycles. The van der Waals surface area contributed by atoms with Gasteiger partial charge in [-0.1, -0.05) is 61.1 Å². The van der Waals surface area contributed by atoms with Gasteiger partial charge in [-0.3, -0.25) is 0 Å². The van der Waals surface area contributed by atoms with Gasteiger partial charge in [0.15, 0.2) is 0 Å². The van der Waals surface area contributed by atoms with Crippen molar-refractivity contribution in [3.8, 4) is 0 Å². The normalized spacial score (nSPS) is 13.3. The van der Waals surface area contributed by atoms with Crippen LogP contribution in [0.15, 0.2) is 40.9 Å². The molecular formula is C14H7Br2Cl2F3. The molecule has 2 rings (SSSR count). The van der Waals surface area contributed by atoms with Crippen molar-refractivity contribution >= 4 is 55.1 Å². The molecule has 1 atom stereocenters. The van der Waals surface area contributed by atoms with Gasteiger partial charge in [0.25, 0.3) is 0 Å². The summed E-state index contributed by atoms with van der Waals surface area (Å²) in [5, 5.41) is 0.847. The van der Waals surface area contributed by atoms with Gasteiger partial charge in [-0.25, -0.2) is 0 Å². The van der Waals surface area contributed by atoms with E-state index < -0.39 is 16.6 Å². The zero-order chi connectivity index (χ0) is 15.8. The fraction of sp³-hybridized carbons (Fsp3) is 0.143. The molecule has 0 aromatic heterocycles. The van der Waals surface area contributed by atoms with Crippen LogP contribution in [0.5, 0.6) is 0 Å². The Morgan fingerprint density at radius 2 is 1.62 bits per heavy atom. The van der Waals surface area contributed by atoms with Crippen LogP contribution in [0.2, 0.25) is 10.0 Å². The van der Waals surface area contributed by atoms with Crippen LogP contribution in [0.25, 0.3) is 0 Å². The monoisotopic (exact) mass is 460 g/mol. The summed E-state index contributed by atoms with van der Waals surface area (Å²) in [6.45, 7) is 0. The third-order valence-electron chi connectivity index (χ3n) is 2.83. The van der Waals surface area contributed by atoms with E-state index in [0.29, 0.717) is 25.6 Å². The second-order valence-corrected chi connectivity index (χ2v) is 6.88. The lowest BCUT2D eigenvalue weighted by atomic mass is 10.0. The fourth-order valence-electron chi connectivity index (χ4n) is 1.79. The van der Waals surface area contributed by atoms with Gasteiger partial charge in [0, 0.05) is 14.5 Å². The van der Waals surface area contributed by atoms with E-state index in [2.05, 4.69) is 31.9 Å². The summed E-state index contributed by atoms with van der Waals surface area (Å²) in [4.78, 5) is -0.487. The maximum absolute atomic E-state index is 12.8. The van der Waals surface area contributed by atoms with Crippen molar-refractivity contribution in [2.75, 3.05) is 0 Å². The van der Waals surface area contributed by atoms with E-state index in [-0.39, 0.29) is 0 Å². The first kappa shape index (κ1) is 17.1. The first-order valence-corrected chi connectivity index (χ1v) is 8.12. The highest BCUT2D eigenvalue weighted by Gasteiger charge is 2.31. The van der Waals surface area contributed by atoms with Crippen LogP contribution in [-0.4, -0.2) is 0 Å².